The van der Waals surface area contributed by atoms with Gasteiger partial charge in [-0.2, -0.15) is 5.26 Å². The summed E-state index contributed by atoms with van der Waals surface area (Å²) in [6.45, 7) is 2.74. The number of carbonyl (C=O) groups is 1. The Morgan fingerprint density at radius 3 is 2.60 bits per heavy atom. The number of nitrogens with zero attached hydrogens (tertiary/aromatic N) is 3. The first kappa shape index (κ1) is 16.7. The number of hydrogen-bond acceptors (Lipinski definition) is 4. The molecule has 1 saturated heterocycles. The van der Waals surface area contributed by atoms with Crippen LogP contribution in [0.2, 0.25) is 0 Å². The summed E-state index contributed by atoms with van der Waals surface area (Å²) >= 11 is 0. The fourth-order valence-electron chi connectivity index (χ4n) is 2.84. The van der Waals surface area contributed by atoms with Crippen molar-refractivity contribution in [3.8, 4) is 11.8 Å². The number of anilines is 2. The summed E-state index contributed by atoms with van der Waals surface area (Å²) in [5.74, 6) is 0.708. The highest BCUT2D eigenvalue weighted by Gasteiger charge is 2.21. The first-order valence-electron chi connectivity index (χ1n) is 8.14. The summed E-state index contributed by atoms with van der Waals surface area (Å²) in [5, 5.41) is 11.9. The molecule has 0 spiro atoms. The highest BCUT2D eigenvalue weighted by Crippen LogP contribution is 2.20. The normalized spacial score (nSPS) is 13.9. The Balaban J connectivity index is 1.58. The summed E-state index contributed by atoms with van der Waals surface area (Å²) in [6.07, 6.45) is 0. The third kappa shape index (κ3) is 4.01. The molecule has 2 aromatic carbocycles. The van der Waals surface area contributed by atoms with E-state index in [1.54, 1.807) is 24.1 Å². The van der Waals surface area contributed by atoms with Crippen LogP contribution in [0.15, 0.2) is 48.5 Å². The van der Waals surface area contributed by atoms with E-state index in [0.717, 1.165) is 18.8 Å². The highest BCUT2D eigenvalue weighted by molar-refractivity contribution is 5.89. The molecule has 2 aromatic rings. The molecule has 0 unspecified atom stereocenters. The van der Waals surface area contributed by atoms with Crippen LogP contribution in [-0.4, -0.2) is 44.2 Å². The average molecular weight is 336 g/mol. The number of carbonyl (C=O) groups excluding carboxylic acids is 1. The van der Waals surface area contributed by atoms with E-state index in [9.17, 15) is 4.79 Å². The number of urea groups is 1. The molecule has 1 N–H and O–H groups in total. The number of hydrogen-bond donors (Lipinski definition) is 1. The molecule has 2 amide bonds. The smallest absolute Gasteiger partial charge is 0.321 e. The van der Waals surface area contributed by atoms with Gasteiger partial charge in [-0.1, -0.05) is 12.1 Å². The van der Waals surface area contributed by atoms with Crippen LogP contribution in [0, 0.1) is 11.3 Å². The Bertz CT molecular complexity index is 792. The number of nitrogens with one attached hydrogen (secondary N) is 1. The number of piperazine rings is 1. The van der Waals surface area contributed by atoms with Crippen LogP contribution < -0.4 is 15.0 Å². The highest BCUT2D eigenvalue weighted by atomic mass is 16.5. The Morgan fingerprint density at radius 1 is 1.12 bits per heavy atom. The van der Waals surface area contributed by atoms with Crippen LogP contribution in [0.25, 0.3) is 0 Å². The van der Waals surface area contributed by atoms with Gasteiger partial charge in [-0.3, -0.25) is 0 Å². The van der Waals surface area contributed by atoms with Gasteiger partial charge in [0, 0.05) is 43.6 Å². The van der Waals surface area contributed by atoms with Gasteiger partial charge in [0.1, 0.15) is 5.75 Å². The van der Waals surface area contributed by atoms with Gasteiger partial charge in [0.15, 0.2) is 0 Å². The van der Waals surface area contributed by atoms with Crippen LogP contribution in [0.1, 0.15) is 5.56 Å². The SMILES string of the molecule is COc1cccc(NC(=O)N2CCN(c3cccc(C#N)c3)CC2)c1. The lowest BCUT2D eigenvalue weighted by Gasteiger charge is -2.36. The Morgan fingerprint density at radius 2 is 1.88 bits per heavy atom. The molecule has 1 fully saturated rings. The molecule has 0 saturated carbocycles. The fraction of sp³-hybridized carbons (Fsp3) is 0.263. The van der Waals surface area contributed by atoms with Gasteiger partial charge in [-0.25, -0.2) is 4.79 Å². The molecule has 0 bridgehead atoms. The van der Waals surface area contributed by atoms with Crippen LogP contribution in [0.4, 0.5) is 16.2 Å². The van der Waals surface area contributed by atoms with Gasteiger partial charge >= 0.3 is 6.03 Å². The van der Waals surface area contributed by atoms with Crippen molar-refractivity contribution in [2.24, 2.45) is 0 Å². The standard InChI is InChI=1S/C19H20N4O2/c1-25-18-7-3-5-16(13-18)21-19(24)23-10-8-22(9-11-23)17-6-2-4-15(12-17)14-20/h2-7,12-13H,8-11H2,1H3,(H,21,24). The molecular formula is C19H20N4O2. The predicted molar refractivity (Wildman–Crippen MR) is 97.0 cm³/mol. The second kappa shape index (κ2) is 7.58. The summed E-state index contributed by atoms with van der Waals surface area (Å²) < 4.78 is 5.17. The maximum atomic E-state index is 12.4. The molecule has 0 radical (unpaired) electrons. The molecule has 3 rings (SSSR count). The number of rotatable bonds is 3. The van der Waals surface area contributed by atoms with Crippen molar-refractivity contribution in [3.05, 3.63) is 54.1 Å². The first-order valence-corrected chi connectivity index (χ1v) is 8.14. The molecule has 0 aromatic heterocycles. The zero-order valence-electron chi connectivity index (χ0n) is 14.1. The van der Waals surface area contributed by atoms with Crippen molar-refractivity contribution >= 4 is 17.4 Å². The Labute approximate surface area is 147 Å². The van der Waals surface area contributed by atoms with Crippen molar-refractivity contribution in [2.75, 3.05) is 43.5 Å². The van der Waals surface area contributed by atoms with E-state index in [4.69, 9.17) is 10.00 Å². The average Bonchev–Trinajstić information content (AvgIpc) is 2.68. The molecule has 6 nitrogen and oxygen atoms in total. The number of ether oxygens (including phenoxy) is 1. The Kier molecular flexibility index (Phi) is 5.05. The van der Waals surface area contributed by atoms with Gasteiger partial charge < -0.3 is 19.9 Å². The molecule has 6 heteroatoms. The molecule has 1 aliphatic rings. The van der Waals surface area contributed by atoms with Crippen LogP contribution in [0.5, 0.6) is 5.75 Å². The minimum absolute atomic E-state index is 0.112. The summed E-state index contributed by atoms with van der Waals surface area (Å²) in [6, 6.07) is 16.9. The largest absolute Gasteiger partial charge is 0.497 e. The minimum atomic E-state index is -0.112. The lowest BCUT2D eigenvalue weighted by Crippen LogP contribution is -2.50. The second-order valence-corrected chi connectivity index (χ2v) is 5.80. The van der Waals surface area contributed by atoms with Crippen LogP contribution >= 0.6 is 0 Å². The molecule has 1 aliphatic heterocycles. The van der Waals surface area contributed by atoms with Gasteiger partial charge in [0.25, 0.3) is 0 Å². The zero-order valence-corrected chi connectivity index (χ0v) is 14.1. The Hall–Kier alpha value is -3.20. The number of benzene rings is 2. The maximum Gasteiger partial charge on any atom is 0.321 e. The van der Waals surface area contributed by atoms with E-state index in [1.165, 1.54) is 0 Å². The van der Waals surface area contributed by atoms with E-state index >= 15 is 0 Å². The third-order valence-corrected chi connectivity index (χ3v) is 4.23. The predicted octanol–water partition coefficient (Wildman–Crippen LogP) is 2.92. The lowest BCUT2D eigenvalue weighted by atomic mass is 10.2. The molecule has 25 heavy (non-hydrogen) atoms. The van der Waals surface area contributed by atoms with Crippen molar-refractivity contribution in [3.63, 3.8) is 0 Å². The molecule has 128 valence electrons. The van der Waals surface area contributed by atoms with E-state index in [2.05, 4.69) is 16.3 Å². The molecule has 1 heterocycles. The van der Waals surface area contributed by atoms with Crippen molar-refractivity contribution in [2.45, 2.75) is 0 Å². The number of amides is 2. The quantitative estimate of drug-likeness (QED) is 0.936. The second-order valence-electron chi connectivity index (χ2n) is 5.80. The van der Waals surface area contributed by atoms with Gasteiger partial charge in [0.2, 0.25) is 0 Å². The summed E-state index contributed by atoms with van der Waals surface area (Å²) in [5.41, 5.74) is 2.39. The monoisotopic (exact) mass is 336 g/mol. The van der Waals surface area contributed by atoms with E-state index in [1.807, 2.05) is 36.4 Å². The topological polar surface area (TPSA) is 68.6 Å². The van der Waals surface area contributed by atoms with Gasteiger partial charge in [0.05, 0.1) is 18.7 Å². The first-order chi connectivity index (χ1) is 12.2. The van der Waals surface area contributed by atoms with Crippen LogP contribution in [-0.2, 0) is 0 Å². The molecule has 0 atom stereocenters. The number of nitriles is 1. The maximum absolute atomic E-state index is 12.4. The van der Waals surface area contributed by atoms with Gasteiger partial charge in [-0.15, -0.1) is 0 Å². The third-order valence-electron chi connectivity index (χ3n) is 4.23. The van der Waals surface area contributed by atoms with Crippen LogP contribution in [0.3, 0.4) is 0 Å². The zero-order chi connectivity index (χ0) is 17.6. The molecule has 0 aliphatic carbocycles. The van der Waals surface area contributed by atoms with Crippen molar-refractivity contribution < 1.29 is 9.53 Å². The van der Waals surface area contributed by atoms with E-state index in [0.29, 0.717) is 30.1 Å². The summed E-state index contributed by atoms with van der Waals surface area (Å²) in [7, 11) is 1.60. The number of methoxy groups -OCH3 is 1. The van der Waals surface area contributed by atoms with E-state index in [-0.39, 0.29) is 6.03 Å². The summed E-state index contributed by atoms with van der Waals surface area (Å²) in [4.78, 5) is 16.4. The lowest BCUT2D eigenvalue weighted by molar-refractivity contribution is 0.208. The van der Waals surface area contributed by atoms with E-state index < -0.39 is 0 Å². The van der Waals surface area contributed by atoms with Gasteiger partial charge in [-0.05, 0) is 30.3 Å². The minimum Gasteiger partial charge on any atom is -0.497 e. The molecular weight excluding hydrogens is 316 g/mol. The fourth-order valence-corrected chi connectivity index (χ4v) is 2.84. The van der Waals surface area contributed by atoms with Crippen molar-refractivity contribution in [1.29, 1.82) is 5.26 Å². The van der Waals surface area contributed by atoms with Crippen molar-refractivity contribution in [1.82, 2.24) is 4.90 Å².